The molecule has 8 nitrogen and oxygen atoms in total. The summed E-state index contributed by atoms with van der Waals surface area (Å²) in [5.74, 6) is -1.26. The first kappa shape index (κ1) is 23.9. The highest BCUT2D eigenvalue weighted by Crippen LogP contribution is 2.27. The zero-order chi connectivity index (χ0) is 25.3. The molecule has 0 aliphatic rings. The van der Waals surface area contributed by atoms with Crippen LogP contribution in [-0.2, 0) is 6.54 Å². The van der Waals surface area contributed by atoms with Gasteiger partial charge < -0.3 is 15.8 Å². The summed E-state index contributed by atoms with van der Waals surface area (Å²) in [7, 11) is 0. The van der Waals surface area contributed by atoms with Gasteiger partial charge in [-0.2, -0.15) is 18.2 Å². The molecule has 182 valence electrons. The lowest BCUT2D eigenvalue weighted by Crippen LogP contribution is -2.25. The third kappa shape index (κ3) is 5.48. The molecule has 12 heteroatoms. The number of amides is 1. The maximum absolute atomic E-state index is 13.7. The summed E-state index contributed by atoms with van der Waals surface area (Å²) in [6.07, 6.45) is -2.88. The smallest absolute Gasteiger partial charge is 0.422 e. The lowest BCUT2D eigenvalue weighted by molar-refractivity contribution is -0.153. The van der Waals surface area contributed by atoms with Gasteiger partial charge in [-0.1, -0.05) is 0 Å². The van der Waals surface area contributed by atoms with Crippen molar-refractivity contribution in [3.8, 4) is 16.9 Å². The standard InChI is InChI=1S/C23H20F4N6O2/c1-12-17(14-5-6-33-20(8-14)31-22(28)32-33)9-18(13(2)30-12)21(34)29-10-15-7-16(24)3-4-19(15)35-11-23(25,26)27/h3-9H,10-11H2,1-2H3,(H2,28,32)(H,29,34). The van der Waals surface area contributed by atoms with Gasteiger partial charge >= 0.3 is 6.18 Å². The number of hydrogen-bond donors (Lipinski definition) is 2. The van der Waals surface area contributed by atoms with E-state index in [0.29, 0.717) is 22.6 Å². The molecule has 3 aromatic heterocycles. The highest BCUT2D eigenvalue weighted by atomic mass is 19.4. The second-order valence-corrected chi connectivity index (χ2v) is 7.78. The van der Waals surface area contributed by atoms with Crippen molar-refractivity contribution in [1.29, 1.82) is 0 Å². The van der Waals surface area contributed by atoms with Crippen molar-refractivity contribution in [3.63, 3.8) is 0 Å². The lowest BCUT2D eigenvalue weighted by Gasteiger charge is -2.15. The van der Waals surface area contributed by atoms with Gasteiger partial charge in [0, 0.05) is 29.6 Å². The van der Waals surface area contributed by atoms with Gasteiger partial charge in [-0.15, -0.1) is 5.10 Å². The SMILES string of the molecule is Cc1nc(C)c(-c2ccn3nc(N)nc3c2)cc1C(=O)NCc1cc(F)ccc1OCC(F)(F)F. The third-order valence-corrected chi connectivity index (χ3v) is 5.17. The summed E-state index contributed by atoms with van der Waals surface area (Å²) in [5.41, 5.74) is 8.99. The molecule has 1 amide bonds. The van der Waals surface area contributed by atoms with Crippen molar-refractivity contribution in [1.82, 2.24) is 24.9 Å². The van der Waals surface area contributed by atoms with E-state index in [1.165, 1.54) is 4.52 Å². The van der Waals surface area contributed by atoms with Crippen LogP contribution in [0.15, 0.2) is 42.6 Å². The number of ether oxygens (including phenoxy) is 1. The molecular weight excluding hydrogens is 468 g/mol. The number of nitrogens with two attached hydrogens (primary N) is 1. The molecule has 0 spiro atoms. The number of nitrogens with zero attached hydrogens (tertiary/aromatic N) is 4. The van der Waals surface area contributed by atoms with Crippen LogP contribution in [0.3, 0.4) is 0 Å². The van der Waals surface area contributed by atoms with Crippen LogP contribution in [0.5, 0.6) is 5.75 Å². The molecule has 4 rings (SSSR count). The Morgan fingerprint density at radius 3 is 2.63 bits per heavy atom. The van der Waals surface area contributed by atoms with Crippen LogP contribution in [0.25, 0.3) is 16.8 Å². The summed E-state index contributed by atoms with van der Waals surface area (Å²) in [5, 5.41) is 6.63. The number of aromatic nitrogens is 4. The zero-order valence-electron chi connectivity index (χ0n) is 18.7. The first-order valence-corrected chi connectivity index (χ1v) is 10.4. The topological polar surface area (TPSA) is 107 Å². The first-order chi connectivity index (χ1) is 16.5. The van der Waals surface area contributed by atoms with Crippen molar-refractivity contribution in [3.05, 3.63) is 70.9 Å². The number of benzene rings is 1. The van der Waals surface area contributed by atoms with Crippen LogP contribution < -0.4 is 15.8 Å². The van der Waals surface area contributed by atoms with Crippen LogP contribution in [-0.4, -0.2) is 38.3 Å². The van der Waals surface area contributed by atoms with E-state index in [1.807, 2.05) is 0 Å². The van der Waals surface area contributed by atoms with Crippen LogP contribution in [0.4, 0.5) is 23.5 Å². The average molecular weight is 488 g/mol. The summed E-state index contributed by atoms with van der Waals surface area (Å²) in [4.78, 5) is 21.5. The fourth-order valence-corrected chi connectivity index (χ4v) is 3.57. The van der Waals surface area contributed by atoms with E-state index < -0.39 is 24.5 Å². The molecule has 0 bridgehead atoms. The molecule has 0 saturated heterocycles. The summed E-state index contributed by atoms with van der Waals surface area (Å²) in [6.45, 7) is 1.67. The number of alkyl halides is 3. The van der Waals surface area contributed by atoms with Crippen LogP contribution in [0.2, 0.25) is 0 Å². The lowest BCUT2D eigenvalue weighted by atomic mass is 10.0. The number of aryl methyl sites for hydroxylation is 2. The number of halogens is 4. The number of rotatable bonds is 6. The Labute approximate surface area is 196 Å². The van der Waals surface area contributed by atoms with E-state index in [0.717, 1.165) is 23.8 Å². The molecule has 0 fully saturated rings. The van der Waals surface area contributed by atoms with Crippen molar-refractivity contribution >= 4 is 17.5 Å². The number of nitrogen functional groups attached to an aromatic ring is 1. The zero-order valence-corrected chi connectivity index (χ0v) is 18.7. The molecule has 0 saturated carbocycles. The number of carbonyl (C=O) groups is 1. The maximum Gasteiger partial charge on any atom is 0.422 e. The normalized spacial score (nSPS) is 11.6. The maximum atomic E-state index is 13.7. The number of anilines is 1. The number of pyridine rings is 2. The van der Waals surface area contributed by atoms with Gasteiger partial charge in [0.05, 0.1) is 11.3 Å². The van der Waals surface area contributed by atoms with Gasteiger partial charge in [-0.25, -0.2) is 8.91 Å². The van der Waals surface area contributed by atoms with Gasteiger partial charge in [0.1, 0.15) is 11.6 Å². The largest absolute Gasteiger partial charge is 0.484 e. The highest BCUT2D eigenvalue weighted by Gasteiger charge is 2.29. The van der Waals surface area contributed by atoms with E-state index in [2.05, 4.69) is 20.4 Å². The van der Waals surface area contributed by atoms with Gasteiger partial charge in [-0.3, -0.25) is 9.78 Å². The van der Waals surface area contributed by atoms with E-state index in [4.69, 9.17) is 10.5 Å². The predicted octanol–water partition coefficient (Wildman–Crippen LogP) is 4.00. The summed E-state index contributed by atoms with van der Waals surface area (Å²) >= 11 is 0. The molecule has 1 aromatic carbocycles. The molecule has 0 aliphatic heterocycles. The quantitative estimate of drug-likeness (QED) is 0.398. The van der Waals surface area contributed by atoms with Crippen molar-refractivity contribution in [2.45, 2.75) is 26.6 Å². The fraction of sp³-hybridized carbons (Fsp3) is 0.217. The second-order valence-electron chi connectivity index (χ2n) is 7.78. The minimum atomic E-state index is -4.56. The third-order valence-electron chi connectivity index (χ3n) is 5.17. The van der Waals surface area contributed by atoms with E-state index >= 15 is 0 Å². The van der Waals surface area contributed by atoms with E-state index in [1.54, 1.807) is 38.2 Å². The van der Waals surface area contributed by atoms with E-state index in [-0.39, 0.29) is 29.4 Å². The minimum absolute atomic E-state index is 0.0652. The fourth-order valence-electron chi connectivity index (χ4n) is 3.57. The second kappa shape index (κ2) is 9.20. The van der Waals surface area contributed by atoms with E-state index in [9.17, 15) is 22.4 Å². The summed E-state index contributed by atoms with van der Waals surface area (Å²) in [6, 6.07) is 8.27. The van der Waals surface area contributed by atoms with Gasteiger partial charge in [0.25, 0.3) is 5.91 Å². The Bertz CT molecular complexity index is 1420. The predicted molar refractivity (Wildman–Crippen MR) is 119 cm³/mol. The van der Waals surface area contributed by atoms with Gasteiger partial charge in [-0.05, 0) is 55.8 Å². The average Bonchev–Trinajstić information content (AvgIpc) is 3.15. The molecule has 0 radical (unpaired) electrons. The van der Waals surface area contributed by atoms with Gasteiger partial charge in [0.15, 0.2) is 12.3 Å². The van der Waals surface area contributed by atoms with Crippen molar-refractivity contribution in [2.24, 2.45) is 0 Å². The number of fused-ring (bicyclic) bond motifs is 1. The number of hydrogen-bond acceptors (Lipinski definition) is 6. The van der Waals surface area contributed by atoms with Crippen molar-refractivity contribution < 1.29 is 27.1 Å². The molecule has 0 aliphatic carbocycles. The summed E-state index contributed by atoms with van der Waals surface area (Å²) < 4.78 is 57.6. The molecule has 4 aromatic rings. The van der Waals surface area contributed by atoms with Crippen LogP contribution in [0.1, 0.15) is 27.3 Å². The Morgan fingerprint density at radius 1 is 1.11 bits per heavy atom. The van der Waals surface area contributed by atoms with Crippen LogP contribution >= 0.6 is 0 Å². The highest BCUT2D eigenvalue weighted by molar-refractivity contribution is 5.96. The Kier molecular flexibility index (Phi) is 6.29. The van der Waals surface area contributed by atoms with Crippen LogP contribution in [0, 0.1) is 19.7 Å². The molecule has 3 heterocycles. The minimum Gasteiger partial charge on any atom is -0.484 e. The monoisotopic (exact) mass is 488 g/mol. The Hall–Kier alpha value is -4.22. The van der Waals surface area contributed by atoms with Gasteiger partial charge in [0.2, 0.25) is 5.95 Å². The first-order valence-electron chi connectivity index (χ1n) is 10.4. The molecule has 3 N–H and O–H groups in total. The Balaban J connectivity index is 1.58. The number of nitrogens with one attached hydrogen (secondary N) is 1. The van der Waals surface area contributed by atoms with Crippen molar-refractivity contribution in [2.75, 3.05) is 12.3 Å². The molecule has 35 heavy (non-hydrogen) atoms. The molecule has 0 atom stereocenters. The number of carbonyl (C=O) groups excluding carboxylic acids is 1. The Morgan fingerprint density at radius 2 is 1.89 bits per heavy atom. The molecule has 0 unspecified atom stereocenters. The molecular formula is C23H20F4N6O2.